The van der Waals surface area contributed by atoms with Gasteiger partial charge in [0.25, 0.3) is 11.8 Å². The van der Waals surface area contributed by atoms with Crippen LogP contribution in [0.15, 0.2) is 47.5 Å². The summed E-state index contributed by atoms with van der Waals surface area (Å²) in [5, 5.41) is 3.25. The third kappa shape index (κ3) is 3.63. The molecule has 4 heterocycles. The fraction of sp³-hybridized carbons (Fsp3) is 0.167. The minimum atomic E-state index is -0.317. The van der Waals surface area contributed by atoms with Crippen LogP contribution in [0.2, 0.25) is 0 Å². The number of pyridine rings is 2. The van der Waals surface area contributed by atoms with Gasteiger partial charge in [-0.15, -0.1) is 0 Å². The molecule has 0 fully saturated rings. The minimum absolute atomic E-state index is 0.149. The van der Waals surface area contributed by atoms with Crippen molar-refractivity contribution in [1.29, 1.82) is 0 Å². The van der Waals surface area contributed by atoms with Crippen LogP contribution in [0.25, 0.3) is 0 Å². The van der Waals surface area contributed by atoms with Crippen LogP contribution < -0.4 is 10.9 Å². The zero-order valence-electron chi connectivity index (χ0n) is 14.1. The van der Waals surface area contributed by atoms with E-state index in [9.17, 15) is 14.4 Å². The molecule has 0 aromatic carbocycles. The lowest BCUT2D eigenvalue weighted by atomic mass is 10.1. The maximum absolute atomic E-state index is 12.6. The van der Waals surface area contributed by atoms with Gasteiger partial charge in [0.1, 0.15) is 5.69 Å². The molecule has 3 aromatic rings. The lowest BCUT2D eigenvalue weighted by molar-refractivity contribution is 0.0735. The lowest BCUT2D eigenvalue weighted by Crippen LogP contribution is -2.35. The second kappa shape index (κ2) is 7.12. The molecule has 0 aliphatic carbocycles. The number of nitrogens with one attached hydrogen (secondary N) is 2. The average Bonchev–Trinajstić information content (AvgIpc) is 3.10. The Morgan fingerprint density at radius 1 is 1.22 bits per heavy atom. The predicted octanol–water partition coefficient (Wildman–Crippen LogP) is 1.68. The molecule has 0 radical (unpaired) electrons. The van der Waals surface area contributed by atoms with Gasteiger partial charge in [0.2, 0.25) is 5.56 Å². The monoisotopic (exact) mass is 381 g/mol. The van der Waals surface area contributed by atoms with E-state index in [0.717, 1.165) is 10.6 Å². The molecule has 1 aliphatic heterocycles. The highest BCUT2D eigenvalue weighted by Crippen LogP contribution is 2.29. The Hall–Kier alpha value is -3.33. The van der Waals surface area contributed by atoms with Crippen molar-refractivity contribution in [2.75, 3.05) is 11.9 Å². The molecule has 2 N–H and O–H groups in total. The van der Waals surface area contributed by atoms with Gasteiger partial charge in [-0.1, -0.05) is 17.4 Å². The largest absolute Gasteiger partial charge is 0.333 e. The van der Waals surface area contributed by atoms with Gasteiger partial charge in [-0.3, -0.25) is 24.7 Å². The predicted molar refractivity (Wildman–Crippen MR) is 99.8 cm³/mol. The molecule has 0 saturated heterocycles. The quantitative estimate of drug-likeness (QED) is 0.718. The molecule has 0 bridgehead atoms. The summed E-state index contributed by atoms with van der Waals surface area (Å²) < 4.78 is 0. The van der Waals surface area contributed by atoms with Crippen molar-refractivity contribution in [2.45, 2.75) is 13.0 Å². The van der Waals surface area contributed by atoms with Gasteiger partial charge < -0.3 is 9.88 Å². The first kappa shape index (κ1) is 17.1. The summed E-state index contributed by atoms with van der Waals surface area (Å²) in [6.45, 7) is 0.951. The number of H-pyrrole nitrogens is 1. The van der Waals surface area contributed by atoms with Crippen LogP contribution in [0.5, 0.6) is 0 Å². The standard InChI is InChI=1S/C18H15N5O3S/c24-15-5-4-11(9-20-15)17(26)23-8-6-12-14(10-23)27-18(21-12)22-16(25)13-3-1-2-7-19-13/h1-5,7,9H,6,8,10H2,(H,20,24)(H,21,22,25). The molecule has 1 aliphatic rings. The van der Waals surface area contributed by atoms with E-state index in [1.165, 1.54) is 29.7 Å². The van der Waals surface area contributed by atoms with E-state index < -0.39 is 0 Å². The first-order chi connectivity index (χ1) is 13.1. The summed E-state index contributed by atoms with van der Waals surface area (Å²) >= 11 is 1.35. The highest BCUT2D eigenvalue weighted by atomic mass is 32.1. The number of hydrogen-bond acceptors (Lipinski definition) is 6. The Morgan fingerprint density at radius 3 is 2.85 bits per heavy atom. The number of rotatable bonds is 3. The molecule has 27 heavy (non-hydrogen) atoms. The third-order valence-electron chi connectivity index (χ3n) is 4.17. The number of anilines is 1. The van der Waals surface area contributed by atoms with E-state index in [0.29, 0.717) is 35.9 Å². The molecule has 2 amide bonds. The number of amides is 2. The van der Waals surface area contributed by atoms with Crippen LogP contribution in [0.3, 0.4) is 0 Å². The van der Waals surface area contributed by atoms with Crippen LogP contribution in [0, 0.1) is 0 Å². The molecule has 0 saturated carbocycles. The van der Waals surface area contributed by atoms with Gasteiger partial charge in [-0.25, -0.2) is 4.98 Å². The molecule has 3 aromatic heterocycles. The molecule has 9 heteroatoms. The normalized spacial score (nSPS) is 13.1. The smallest absolute Gasteiger partial charge is 0.276 e. The topological polar surface area (TPSA) is 108 Å². The van der Waals surface area contributed by atoms with Crippen molar-refractivity contribution < 1.29 is 9.59 Å². The number of hydrogen-bond donors (Lipinski definition) is 2. The first-order valence-electron chi connectivity index (χ1n) is 8.29. The summed E-state index contributed by atoms with van der Waals surface area (Å²) in [6.07, 6.45) is 3.59. The van der Waals surface area contributed by atoms with E-state index in [4.69, 9.17) is 0 Å². The fourth-order valence-electron chi connectivity index (χ4n) is 2.81. The van der Waals surface area contributed by atoms with Gasteiger partial charge in [-0.05, 0) is 18.2 Å². The lowest BCUT2D eigenvalue weighted by Gasteiger charge is -2.26. The third-order valence-corrected chi connectivity index (χ3v) is 5.17. The summed E-state index contributed by atoms with van der Waals surface area (Å²) in [6, 6.07) is 7.97. The molecule has 0 spiro atoms. The van der Waals surface area contributed by atoms with Crippen LogP contribution in [0.4, 0.5) is 5.13 Å². The molecule has 136 valence electrons. The van der Waals surface area contributed by atoms with E-state index >= 15 is 0 Å². The number of thiazole rings is 1. The van der Waals surface area contributed by atoms with Crippen LogP contribution in [-0.2, 0) is 13.0 Å². The Kier molecular flexibility index (Phi) is 4.51. The van der Waals surface area contributed by atoms with Crippen molar-refractivity contribution in [3.63, 3.8) is 0 Å². The Labute approximate surface area is 157 Å². The van der Waals surface area contributed by atoms with Crippen molar-refractivity contribution in [2.24, 2.45) is 0 Å². The van der Waals surface area contributed by atoms with E-state index in [1.807, 2.05) is 0 Å². The number of carbonyl (C=O) groups is 2. The number of aromatic nitrogens is 3. The number of carbonyl (C=O) groups excluding carboxylic acids is 2. The number of nitrogens with zero attached hydrogens (tertiary/aromatic N) is 3. The molecular formula is C18H15N5O3S. The maximum Gasteiger partial charge on any atom is 0.276 e. The van der Waals surface area contributed by atoms with Gasteiger partial charge in [0, 0.05) is 36.3 Å². The molecule has 0 unspecified atom stereocenters. The zero-order chi connectivity index (χ0) is 18.8. The minimum Gasteiger partial charge on any atom is -0.333 e. The molecular weight excluding hydrogens is 366 g/mol. The molecule has 0 atom stereocenters. The maximum atomic E-state index is 12.6. The number of aromatic amines is 1. The van der Waals surface area contributed by atoms with Gasteiger partial charge in [-0.2, -0.15) is 0 Å². The first-order valence-corrected chi connectivity index (χ1v) is 9.11. The van der Waals surface area contributed by atoms with E-state index in [2.05, 4.69) is 20.3 Å². The van der Waals surface area contributed by atoms with Crippen molar-refractivity contribution in [3.8, 4) is 0 Å². The summed E-state index contributed by atoms with van der Waals surface area (Å²) in [7, 11) is 0. The highest BCUT2D eigenvalue weighted by Gasteiger charge is 2.25. The second-order valence-electron chi connectivity index (χ2n) is 5.98. The molecule has 8 nitrogen and oxygen atoms in total. The Balaban J connectivity index is 1.47. The van der Waals surface area contributed by atoms with Crippen LogP contribution >= 0.6 is 11.3 Å². The van der Waals surface area contributed by atoms with E-state index in [-0.39, 0.29) is 17.4 Å². The van der Waals surface area contributed by atoms with Crippen molar-refractivity contribution >= 4 is 28.3 Å². The summed E-state index contributed by atoms with van der Waals surface area (Å²) in [5.74, 6) is -0.466. The molecule has 4 rings (SSSR count). The average molecular weight is 381 g/mol. The van der Waals surface area contributed by atoms with Crippen molar-refractivity contribution in [3.05, 3.63) is 74.9 Å². The zero-order valence-corrected chi connectivity index (χ0v) is 15.0. The summed E-state index contributed by atoms with van der Waals surface area (Å²) in [5.41, 5.74) is 1.40. The SMILES string of the molecule is O=C(Nc1nc2c(s1)CN(C(=O)c1ccc(=O)[nH]c1)CC2)c1ccccn1. The Bertz CT molecular complexity index is 1040. The van der Waals surface area contributed by atoms with Gasteiger partial charge in [0.05, 0.1) is 17.8 Å². The van der Waals surface area contributed by atoms with E-state index in [1.54, 1.807) is 29.3 Å². The number of fused-ring (bicyclic) bond motifs is 1. The Morgan fingerprint density at radius 2 is 2.11 bits per heavy atom. The highest BCUT2D eigenvalue weighted by molar-refractivity contribution is 7.15. The van der Waals surface area contributed by atoms with Gasteiger partial charge >= 0.3 is 0 Å². The van der Waals surface area contributed by atoms with Gasteiger partial charge in [0.15, 0.2) is 5.13 Å². The van der Waals surface area contributed by atoms with Crippen molar-refractivity contribution in [1.82, 2.24) is 19.9 Å². The van der Waals surface area contributed by atoms with Crippen LogP contribution in [0.1, 0.15) is 31.4 Å². The second-order valence-corrected chi connectivity index (χ2v) is 7.06. The van der Waals surface area contributed by atoms with Crippen LogP contribution in [-0.4, -0.2) is 38.2 Å². The summed E-state index contributed by atoms with van der Waals surface area (Å²) in [4.78, 5) is 49.6. The fourth-order valence-corrected chi connectivity index (χ4v) is 3.83.